The number of nitrogens with two attached hydrogens (primary N) is 1. The zero-order chi connectivity index (χ0) is 13.5. The molecule has 2 rings (SSSR count). The Morgan fingerprint density at radius 3 is 2.50 bits per heavy atom. The van der Waals surface area contributed by atoms with E-state index in [1.54, 1.807) is 0 Å². The fourth-order valence-electron chi connectivity index (χ4n) is 2.32. The summed E-state index contributed by atoms with van der Waals surface area (Å²) in [7, 11) is 0. The molecule has 1 aliphatic rings. The lowest BCUT2D eigenvalue weighted by Gasteiger charge is -2.22. The van der Waals surface area contributed by atoms with Gasteiger partial charge >= 0.3 is 0 Å². The number of nitrogens with zero attached hydrogens (tertiary/aromatic N) is 1. The minimum absolute atomic E-state index is 0. The minimum atomic E-state index is 0. The highest BCUT2D eigenvalue weighted by Crippen LogP contribution is 2.33. The molecule has 4 heteroatoms. The van der Waals surface area contributed by atoms with Crippen molar-refractivity contribution in [3.63, 3.8) is 0 Å². The fraction of sp³-hybridized carbons (Fsp3) is 0.562. The number of benzene rings is 1. The smallest absolute Gasteiger partial charge is 0.222 e. The lowest BCUT2D eigenvalue weighted by atomic mass is 10.1. The van der Waals surface area contributed by atoms with Crippen LogP contribution in [0.15, 0.2) is 30.3 Å². The van der Waals surface area contributed by atoms with E-state index in [0.717, 1.165) is 25.3 Å². The number of amides is 1. The van der Waals surface area contributed by atoms with Gasteiger partial charge in [-0.1, -0.05) is 43.2 Å². The summed E-state index contributed by atoms with van der Waals surface area (Å²) in [6, 6.07) is 10.3. The maximum atomic E-state index is 12.2. The molecule has 1 amide bonds. The molecule has 0 aliphatic heterocycles. The monoisotopic (exact) mass is 296 g/mol. The summed E-state index contributed by atoms with van der Waals surface area (Å²) in [5.41, 5.74) is 6.89. The van der Waals surface area contributed by atoms with Gasteiger partial charge in [-0.3, -0.25) is 4.79 Å². The molecule has 3 nitrogen and oxygen atoms in total. The second-order valence-corrected chi connectivity index (χ2v) is 5.39. The van der Waals surface area contributed by atoms with Gasteiger partial charge in [0, 0.05) is 26.1 Å². The van der Waals surface area contributed by atoms with E-state index in [1.807, 2.05) is 23.1 Å². The maximum absolute atomic E-state index is 12.2. The summed E-state index contributed by atoms with van der Waals surface area (Å²) in [4.78, 5) is 14.1. The summed E-state index contributed by atoms with van der Waals surface area (Å²) < 4.78 is 0. The van der Waals surface area contributed by atoms with Crippen LogP contribution in [0.4, 0.5) is 0 Å². The van der Waals surface area contributed by atoms with Crippen molar-refractivity contribution in [2.75, 3.05) is 19.6 Å². The van der Waals surface area contributed by atoms with Crippen LogP contribution in [0, 0.1) is 5.92 Å². The molecule has 1 aromatic carbocycles. The van der Waals surface area contributed by atoms with Gasteiger partial charge in [-0.2, -0.15) is 0 Å². The Hall–Kier alpha value is -1.06. The highest BCUT2D eigenvalue weighted by atomic mass is 35.5. The van der Waals surface area contributed by atoms with Gasteiger partial charge in [0.1, 0.15) is 0 Å². The van der Waals surface area contributed by atoms with E-state index < -0.39 is 0 Å². The van der Waals surface area contributed by atoms with Crippen LogP contribution in [0.2, 0.25) is 0 Å². The van der Waals surface area contributed by atoms with E-state index in [2.05, 4.69) is 12.1 Å². The van der Waals surface area contributed by atoms with Crippen molar-refractivity contribution in [1.29, 1.82) is 0 Å². The minimum Gasteiger partial charge on any atom is -0.341 e. The van der Waals surface area contributed by atoms with Gasteiger partial charge in [0.05, 0.1) is 0 Å². The maximum Gasteiger partial charge on any atom is 0.222 e. The average Bonchev–Trinajstić information content (AvgIpc) is 3.26. The molecular weight excluding hydrogens is 272 g/mol. The van der Waals surface area contributed by atoms with Crippen molar-refractivity contribution in [3.05, 3.63) is 35.9 Å². The molecule has 0 atom stereocenters. The Balaban J connectivity index is 0.00000200. The van der Waals surface area contributed by atoms with E-state index in [9.17, 15) is 4.79 Å². The summed E-state index contributed by atoms with van der Waals surface area (Å²) in [6.45, 7) is 2.00. The van der Waals surface area contributed by atoms with Crippen LogP contribution in [0.1, 0.15) is 31.2 Å². The van der Waals surface area contributed by atoms with Crippen LogP contribution in [0.3, 0.4) is 0 Å². The molecule has 0 bridgehead atoms. The predicted octanol–water partition coefficient (Wildman–Crippen LogP) is 2.63. The third-order valence-electron chi connectivity index (χ3n) is 3.73. The summed E-state index contributed by atoms with van der Waals surface area (Å²) >= 11 is 0. The van der Waals surface area contributed by atoms with Crippen LogP contribution >= 0.6 is 12.4 Å². The number of carbonyl (C=O) groups excluding carboxylic acids is 1. The molecular formula is C16H25ClN2O. The third kappa shape index (κ3) is 5.93. The molecule has 1 fully saturated rings. The van der Waals surface area contributed by atoms with Gasteiger partial charge < -0.3 is 10.6 Å². The molecule has 0 heterocycles. The zero-order valence-corrected chi connectivity index (χ0v) is 12.8. The molecule has 1 aromatic rings. The van der Waals surface area contributed by atoms with Gasteiger partial charge in [0.15, 0.2) is 0 Å². The SMILES string of the molecule is Cl.NCCN(CCc1ccccc1)C(=O)CCC1CC1. The van der Waals surface area contributed by atoms with Crippen LogP contribution in [-0.4, -0.2) is 30.4 Å². The summed E-state index contributed by atoms with van der Waals surface area (Å²) in [5, 5.41) is 0. The molecule has 112 valence electrons. The molecule has 1 saturated carbocycles. The number of hydrogen-bond acceptors (Lipinski definition) is 2. The molecule has 1 aliphatic carbocycles. The van der Waals surface area contributed by atoms with E-state index >= 15 is 0 Å². The normalized spacial score (nSPS) is 13.7. The zero-order valence-electron chi connectivity index (χ0n) is 12.0. The Labute approximate surface area is 127 Å². The Morgan fingerprint density at radius 1 is 1.20 bits per heavy atom. The number of halogens is 1. The lowest BCUT2D eigenvalue weighted by Crippen LogP contribution is -2.36. The summed E-state index contributed by atoms with van der Waals surface area (Å²) in [5.74, 6) is 1.09. The van der Waals surface area contributed by atoms with E-state index in [4.69, 9.17) is 5.73 Å². The first-order chi connectivity index (χ1) is 9.29. The first-order valence-electron chi connectivity index (χ1n) is 7.31. The van der Waals surface area contributed by atoms with Crippen molar-refractivity contribution in [3.8, 4) is 0 Å². The molecule has 0 unspecified atom stereocenters. The van der Waals surface area contributed by atoms with Crippen molar-refractivity contribution in [2.45, 2.75) is 32.1 Å². The first kappa shape index (κ1) is 17.0. The van der Waals surface area contributed by atoms with Gasteiger partial charge in [0.25, 0.3) is 0 Å². The van der Waals surface area contributed by atoms with Gasteiger partial charge in [-0.25, -0.2) is 0 Å². The van der Waals surface area contributed by atoms with Crippen molar-refractivity contribution < 1.29 is 4.79 Å². The largest absolute Gasteiger partial charge is 0.341 e. The molecule has 2 N–H and O–H groups in total. The highest BCUT2D eigenvalue weighted by molar-refractivity contribution is 5.85. The number of hydrogen-bond donors (Lipinski definition) is 1. The van der Waals surface area contributed by atoms with Crippen molar-refractivity contribution in [1.82, 2.24) is 4.90 Å². The van der Waals surface area contributed by atoms with Crippen LogP contribution in [0.5, 0.6) is 0 Å². The van der Waals surface area contributed by atoms with E-state index in [1.165, 1.54) is 18.4 Å². The second kappa shape index (κ2) is 8.98. The fourth-order valence-corrected chi connectivity index (χ4v) is 2.32. The average molecular weight is 297 g/mol. The lowest BCUT2D eigenvalue weighted by molar-refractivity contribution is -0.131. The topological polar surface area (TPSA) is 46.3 Å². The third-order valence-corrected chi connectivity index (χ3v) is 3.73. The van der Waals surface area contributed by atoms with Gasteiger partial charge in [-0.15, -0.1) is 12.4 Å². The quantitative estimate of drug-likeness (QED) is 0.801. The van der Waals surface area contributed by atoms with Crippen molar-refractivity contribution >= 4 is 18.3 Å². The Morgan fingerprint density at radius 2 is 1.90 bits per heavy atom. The molecule has 0 saturated heterocycles. The number of rotatable bonds is 8. The number of carbonyl (C=O) groups is 1. The van der Waals surface area contributed by atoms with Crippen LogP contribution in [-0.2, 0) is 11.2 Å². The van der Waals surface area contributed by atoms with Gasteiger partial charge in [0.2, 0.25) is 5.91 Å². The second-order valence-electron chi connectivity index (χ2n) is 5.39. The van der Waals surface area contributed by atoms with Crippen LogP contribution < -0.4 is 5.73 Å². The van der Waals surface area contributed by atoms with E-state index in [0.29, 0.717) is 19.5 Å². The molecule has 0 spiro atoms. The first-order valence-corrected chi connectivity index (χ1v) is 7.31. The summed E-state index contributed by atoms with van der Waals surface area (Å²) in [6.07, 6.45) is 5.29. The molecule has 0 radical (unpaired) electrons. The standard InChI is InChI=1S/C16H24N2O.ClH/c17-11-13-18(16(19)9-8-15-6-7-15)12-10-14-4-2-1-3-5-14;/h1-5,15H,6-13,17H2;1H. The van der Waals surface area contributed by atoms with Crippen LogP contribution in [0.25, 0.3) is 0 Å². The Kier molecular flexibility index (Phi) is 7.63. The van der Waals surface area contributed by atoms with E-state index in [-0.39, 0.29) is 18.3 Å². The predicted molar refractivity (Wildman–Crippen MR) is 85.0 cm³/mol. The van der Waals surface area contributed by atoms with Crippen molar-refractivity contribution in [2.24, 2.45) is 11.7 Å². The van der Waals surface area contributed by atoms with Gasteiger partial charge in [-0.05, 0) is 24.3 Å². The Bertz CT molecular complexity index is 393. The molecule has 0 aromatic heterocycles. The highest BCUT2D eigenvalue weighted by Gasteiger charge is 2.23. The molecule has 20 heavy (non-hydrogen) atoms.